The highest BCUT2D eigenvalue weighted by Gasteiger charge is 2.15. The molecule has 0 fully saturated rings. The van der Waals surface area contributed by atoms with Gasteiger partial charge >= 0.3 is 5.97 Å². The summed E-state index contributed by atoms with van der Waals surface area (Å²) in [5, 5.41) is 10.6. The van der Waals surface area contributed by atoms with E-state index in [0.29, 0.717) is 52.7 Å². The van der Waals surface area contributed by atoms with Crippen LogP contribution in [0.2, 0.25) is 0 Å². The molecule has 2 aromatic heterocycles. The molecule has 1 aromatic carbocycles. The van der Waals surface area contributed by atoms with E-state index >= 15 is 0 Å². The summed E-state index contributed by atoms with van der Waals surface area (Å²) in [5.41, 5.74) is 0.995. The number of nitrogens with zero attached hydrogens (tertiary/aromatic N) is 4. The Balaban J connectivity index is 1.57. The fourth-order valence-electron chi connectivity index (χ4n) is 2.80. The first-order chi connectivity index (χ1) is 14.6. The highest BCUT2D eigenvalue weighted by Crippen LogP contribution is 2.29. The van der Waals surface area contributed by atoms with Gasteiger partial charge < -0.3 is 19.4 Å². The second kappa shape index (κ2) is 10.5. The van der Waals surface area contributed by atoms with Crippen molar-refractivity contribution in [2.75, 3.05) is 19.0 Å². The predicted octanol–water partition coefficient (Wildman–Crippen LogP) is 3.32. The van der Waals surface area contributed by atoms with Crippen molar-refractivity contribution in [3.8, 4) is 17.3 Å². The van der Waals surface area contributed by atoms with Gasteiger partial charge in [0, 0.05) is 6.54 Å². The summed E-state index contributed by atoms with van der Waals surface area (Å²) in [6.45, 7) is 1.10. The van der Waals surface area contributed by atoms with E-state index in [1.165, 1.54) is 7.11 Å². The predicted molar refractivity (Wildman–Crippen MR) is 113 cm³/mol. The Kier molecular flexibility index (Phi) is 7.50. The number of amides is 1. The Morgan fingerprint density at radius 2 is 2.07 bits per heavy atom. The van der Waals surface area contributed by atoms with Crippen LogP contribution >= 0.6 is 15.9 Å². The van der Waals surface area contributed by atoms with E-state index < -0.39 is 5.97 Å². The smallest absolute Gasteiger partial charge is 0.341 e. The molecule has 2 heterocycles. The van der Waals surface area contributed by atoms with Gasteiger partial charge in [-0.05, 0) is 53.0 Å². The second-order valence-corrected chi connectivity index (χ2v) is 7.04. The number of hydrogen-bond acceptors (Lipinski definition) is 7. The van der Waals surface area contributed by atoms with Gasteiger partial charge in [-0.3, -0.25) is 4.79 Å². The fraction of sp³-hybridized carbons (Fsp3) is 0.250. The third-order valence-corrected chi connectivity index (χ3v) is 4.84. The Morgan fingerprint density at radius 1 is 1.23 bits per heavy atom. The molecule has 0 radical (unpaired) electrons. The normalized spacial score (nSPS) is 10.5. The number of carbonyl (C=O) groups is 2. The minimum Gasteiger partial charge on any atom is -0.491 e. The van der Waals surface area contributed by atoms with E-state index in [4.69, 9.17) is 9.47 Å². The average molecular weight is 474 g/mol. The topological polar surface area (TPSA) is 108 Å². The second-order valence-electron chi connectivity index (χ2n) is 6.18. The Labute approximate surface area is 181 Å². The number of aryl methyl sites for hydroxylation is 1. The van der Waals surface area contributed by atoms with Crippen molar-refractivity contribution in [3.05, 3.63) is 52.8 Å². The van der Waals surface area contributed by atoms with Gasteiger partial charge in [-0.2, -0.15) is 0 Å². The molecule has 1 N–H and O–H groups in total. The zero-order chi connectivity index (χ0) is 21.3. The number of ether oxygens (including phenoxy) is 2. The van der Waals surface area contributed by atoms with Crippen molar-refractivity contribution in [2.24, 2.45) is 0 Å². The number of halogens is 1. The zero-order valence-corrected chi connectivity index (χ0v) is 17.8. The maximum absolute atomic E-state index is 11.9. The first kappa shape index (κ1) is 21.4. The molecule has 0 aliphatic rings. The van der Waals surface area contributed by atoms with Crippen molar-refractivity contribution in [1.82, 2.24) is 19.7 Å². The van der Waals surface area contributed by atoms with Gasteiger partial charge in [0.1, 0.15) is 29.2 Å². The summed E-state index contributed by atoms with van der Waals surface area (Å²) in [5.74, 6) is 1.09. The number of aromatic nitrogens is 4. The van der Waals surface area contributed by atoms with E-state index in [1.54, 1.807) is 36.7 Å². The number of esters is 1. The third kappa shape index (κ3) is 5.20. The summed E-state index contributed by atoms with van der Waals surface area (Å²) in [6.07, 6.45) is 3.77. The van der Waals surface area contributed by atoms with Gasteiger partial charge in [0.05, 0.1) is 18.2 Å². The molecule has 0 atom stereocenters. The molecule has 0 saturated carbocycles. The molecular weight excluding hydrogens is 454 g/mol. The number of hydrogen-bond donors (Lipinski definition) is 1. The van der Waals surface area contributed by atoms with E-state index in [9.17, 15) is 9.59 Å². The maximum atomic E-state index is 11.9. The summed E-state index contributed by atoms with van der Waals surface area (Å²) < 4.78 is 13.2. The number of pyridine rings is 1. The van der Waals surface area contributed by atoms with Crippen molar-refractivity contribution >= 4 is 34.1 Å². The molecule has 0 unspecified atom stereocenters. The highest BCUT2D eigenvalue weighted by molar-refractivity contribution is 9.10. The number of rotatable bonds is 10. The van der Waals surface area contributed by atoms with Gasteiger partial charge in [-0.1, -0.05) is 12.1 Å². The van der Waals surface area contributed by atoms with Gasteiger partial charge in [0.2, 0.25) is 6.41 Å². The quantitative estimate of drug-likeness (QED) is 0.273. The minimum absolute atomic E-state index is 0.378. The van der Waals surface area contributed by atoms with E-state index in [2.05, 4.69) is 36.4 Å². The van der Waals surface area contributed by atoms with E-state index in [0.717, 1.165) is 12.8 Å². The lowest BCUT2D eigenvalue weighted by Crippen LogP contribution is -2.08. The van der Waals surface area contributed by atoms with Crippen molar-refractivity contribution in [1.29, 1.82) is 0 Å². The summed E-state index contributed by atoms with van der Waals surface area (Å²) in [6, 6.07) is 10.5. The lowest BCUT2D eigenvalue weighted by Gasteiger charge is -2.12. The van der Waals surface area contributed by atoms with Gasteiger partial charge in [-0.15, -0.1) is 10.2 Å². The van der Waals surface area contributed by atoms with Crippen LogP contribution in [0.3, 0.4) is 0 Å². The maximum Gasteiger partial charge on any atom is 0.341 e. The van der Waals surface area contributed by atoms with Crippen LogP contribution < -0.4 is 10.1 Å². The van der Waals surface area contributed by atoms with Crippen LogP contribution in [0.25, 0.3) is 11.5 Å². The molecule has 0 saturated heterocycles. The monoisotopic (exact) mass is 473 g/mol. The molecule has 30 heavy (non-hydrogen) atoms. The number of para-hydroxylation sites is 1. The van der Waals surface area contributed by atoms with Crippen LogP contribution in [0.15, 0.2) is 47.2 Å². The molecule has 10 heteroatoms. The molecule has 0 bridgehead atoms. The van der Waals surface area contributed by atoms with Crippen LogP contribution in [-0.2, 0) is 16.1 Å². The number of methoxy groups -OCH3 is 1. The van der Waals surface area contributed by atoms with Gasteiger partial charge in [0.15, 0.2) is 5.82 Å². The van der Waals surface area contributed by atoms with Crippen LogP contribution in [0.1, 0.15) is 23.2 Å². The molecule has 156 valence electrons. The number of carbonyl (C=O) groups excluding carboxylic acids is 2. The molecule has 0 aliphatic carbocycles. The summed E-state index contributed by atoms with van der Waals surface area (Å²) in [4.78, 5) is 26.9. The molecular formula is C20H20BrN5O4. The van der Waals surface area contributed by atoms with Crippen molar-refractivity contribution in [2.45, 2.75) is 19.4 Å². The Hall–Kier alpha value is -3.27. The number of unbranched alkanes of at least 4 members (excludes halogenated alkanes) is 1. The highest BCUT2D eigenvalue weighted by atomic mass is 79.9. The number of benzene rings is 1. The van der Waals surface area contributed by atoms with Crippen LogP contribution in [-0.4, -0.2) is 45.8 Å². The first-order valence-electron chi connectivity index (χ1n) is 9.19. The molecule has 3 aromatic rings. The molecule has 1 amide bonds. The largest absolute Gasteiger partial charge is 0.491 e. The average Bonchev–Trinajstić information content (AvgIpc) is 3.23. The van der Waals surface area contributed by atoms with Crippen LogP contribution in [0.4, 0.5) is 5.82 Å². The molecule has 0 spiro atoms. The van der Waals surface area contributed by atoms with E-state index in [-0.39, 0.29) is 0 Å². The summed E-state index contributed by atoms with van der Waals surface area (Å²) in [7, 11) is 1.34. The van der Waals surface area contributed by atoms with Crippen LogP contribution in [0, 0.1) is 0 Å². The first-order valence-corrected chi connectivity index (χ1v) is 9.98. The third-order valence-electron chi connectivity index (χ3n) is 4.21. The fourth-order valence-corrected chi connectivity index (χ4v) is 3.28. The van der Waals surface area contributed by atoms with E-state index in [1.807, 2.05) is 10.6 Å². The number of anilines is 1. The Bertz CT molecular complexity index is 1020. The van der Waals surface area contributed by atoms with Crippen molar-refractivity contribution < 1.29 is 19.1 Å². The molecule has 9 nitrogen and oxygen atoms in total. The minimum atomic E-state index is -0.445. The molecule has 3 rings (SSSR count). The summed E-state index contributed by atoms with van der Waals surface area (Å²) >= 11 is 3.41. The Morgan fingerprint density at radius 3 is 2.87 bits per heavy atom. The zero-order valence-electron chi connectivity index (χ0n) is 16.2. The van der Waals surface area contributed by atoms with Crippen LogP contribution in [0.5, 0.6) is 5.75 Å². The van der Waals surface area contributed by atoms with Gasteiger partial charge in [-0.25, -0.2) is 9.78 Å². The lowest BCUT2D eigenvalue weighted by atomic mass is 10.2. The standard InChI is InChI=1S/C20H20BrN5O4/c1-29-20(28)14-6-4-7-15(21)18(14)30-11-3-2-10-26-12-23-25-19(26)16-8-5-9-17(24-16)22-13-27/h4-9,12-13H,2-3,10-11H2,1H3,(H,22,24,27). The SMILES string of the molecule is COC(=O)c1cccc(Br)c1OCCCCn1cnnc1-c1cccc(NC=O)n1. The van der Waals surface area contributed by atoms with Crippen molar-refractivity contribution in [3.63, 3.8) is 0 Å². The molecule has 0 aliphatic heterocycles. The number of nitrogens with one attached hydrogen (secondary N) is 1. The lowest BCUT2D eigenvalue weighted by molar-refractivity contribution is -0.105. The van der Waals surface area contributed by atoms with Gasteiger partial charge in [0.25, 0.3) is 0 Å².